The van der Waals surface area contributed by atoms with Gasteiger partial charge in [0.15, 0.2) is 0 Å². The van der Waals surface area contributed by atoms with Crippen LogP contribution in [-0.2, 0) is 19.1 Å². The number of carbonyl (C=O) groups excluding carboxylic acids is 4. The van der Waals surface area contributed by atoms with Crippen LogP contribution in [0.2, 0.25) is 0 Å². The van der Waals surface area contributed by atoms with Crippen LogP contribution < -0.4 is 0 Å². The molecule has 2 heterocycles. The average Bonchev–Trinajstić information content (AvgIpc) is 2.98. The van der Waals surface area contributed by atoms with E-state index in [1.165, 1.54) is 17.0 Å². The third kappa shape index (κ3) is 4.83. The van der Waals surface area contributed by atoms with E-state index >= 15 is 0 Å². The van der Waals surface area contributed by atoms with Crippen LogP contribution in [0.25, 0.3) is 0 Å². The van der Waals surface area contributed by atoms with Crippen molar-refractivity contribution in [3.05, 3.63) is 48.0 Å². The summed E-state index contributed by atoms with van der Waals surface area (Å²) in [6, 6.07) is 6.27. The van der Waals surface area contributed by atoms with Gasteiger partial charge in [0.2, 0.25) is 0 Å². The molecule has 32 heavy (non-hydrogen) atoms. The Morgan fingerprint density at radius 1 is 1.09 bits per heavy atom. The number of likely N-dealkylation sites (tertiary alicyclic amines) is 1. The summed E-state index contributed by atoms with van der Waals surface area (Å²) >= 11 is 0. The number of hydroxylamine groups is 2. The predicted molar refractivity (Wildman–Crippen MR) is 114 cm³/mol. The van der Waals surface area contributed by atoms with Gasteiger partial charge in [0.05, 0.1) is 29.8 Å². The van der Waals surface area contributed by atoms with Crippen molar-refractivity contribution in [1.82, 2.24) is 9.96 Å². The number of hydrogen-bond donors (Lipinski definition) is 0. The Balaban J connectivity index is 1.73. The van der Waals surface area contributed by atoms with Crippen LogP contribution in [0.4, 0.5) is 4.79 Å². The fourth-order valence-electron chi connectivity index (χ4n) is 3.62. The summed E-state index contributed by atoms with van der Waals surface area (Å²) in [5.74, 6) is -2.13. The maximum atomic E-state index is 13.2. The smallest absolute Gasteiger partial charge is 0.410 e. The first-order valence-electron chi connectivity index (χ1n) is 10.4. The summed E-state index contributed by atoms with van der Waals surface area (Å²) in [6.45, 7) is 9.64. The first-order valence-corrected chi connectivity index (χ1v) is 10.4. The monoisotopic (exact) mass is 444 g/mol. The standard InChI is InChI=1S/C23H28N2O7/c1-5-14-30-15-23(10-12-24(13-11-23)21(29)31-22(2,3)4)20(28)32-25-18(26)16-8-6-7-9-17(16)19(25)27/h5-9H,1,10-15H2,2-4H3. The van der Waals surface area contributed by atoms with Crippen molar-refractivity contribution in [2.45, 2.75) is 39.2 Å². The van der Waals surface area contributed by atoms with Crippen molar-refractivity contribution in [3.8, 4) is 0 Å². The quantitative estimate of drug-likeness (QED) is 0.378. The lowest BCUT2D eigenvalue weighted by Crippen LogP contribution is -2.51. The fraction of sp³-hybridized carbons (Fsp3) is 0.478. The van der Waals surface area contributed by atoms with Crippen LogP contribution in [0.3, 0.4) is 0 Å². The Hall–Kier alpha value is -3.20. The highest BCUT2D eigenvalue weighted by Crippen LogP contribution is 2.35. The number of rotatable bonds is 6. The van der Waals surface area contributed by atoms with Crippen molar-refractivity contribution in [3.63, 3.8) is 0 Å². The van der Waals surface area contributed by atoms with E-state index < -0.39 is 34.9 Å². The minimum Gasteiger partial charge on any atom is -0.444 e. The van der Waals surface area contributed by atoms with E-state index in [9.17, 15) is 19.2 Å². The fourth-order valence-corrected chi connectivity index (χ4v) is 3.62. The third-order valence-corrected chi connectivity index (χ3v) is 5.35. The van der Waals surface area contributed by atoms with Crippen LogP contribution in [0.1, 0.15) is 54.3 Å². The molecule has 1 fully saturated rings. The Bertz CT molecular complexity index is 892. The lowest BCUT2D eigenvalue weighted by Gasteiger charge is -2.40. The second-order valence-corrected chi connectivity index (χ2v) is 8.88. The molecule has 2 aliphatic heterocycles. The average molecular weight is 444 g/mol. The van der Waals surface area contributed by atoms with Gasteiger partial charge in [-0.2, -0.15) is 0 Å². The number of benzene rings is 1. The molecular weight excluding hydrogens is 416 g/mol. The lowest BCUT2D eigenvalue weighted by atomic mass is 9.79. The van der Waals surface area contributed by atoms with Gasteiger partial charge in [-0.1, -0.05) is 23.3 Å². The van der Waals surface area contributed by atoms with E-state index in [4.69, 9.17) is 14.3 Å². The molecule has 0 saturated carbocycles. The van der Waals surface area contributed by atoms with E-state index in [0.29, 0.717) is 5.06 Å². The van der Waals surface area contributed by atoms with E-state index in [2.05, 4.69) is 6.58 Å². The molecule has 172 valence electrons. The highest BCUT2D eigenvalue weighted by Gasteiger charge is 2.48. The number of ether oxygens (including phenoxy) is 2. The van der Waals surface area contributed by atoms with E-state index in [-0.39, 0.29) is 50.3 Å². The SMILES string of the molecule is C=CCOCC1(C(=O)ON2C(=O)c3ccccc3C2=O)CCN(C(=O)OC(C)(C)C)CC1. The van der Waals surface area contributed by atoms with Crippen molar-refractivity contribution in [2.75, 3.05) is 26.3 Å². The predicted octanol–water partition coefficient (Wildman–Crippen LogP) is 2.96. The number of piperidine rings is 1. The van der Waals surface area contributed by atoms with E-state index in [1.807, 2.05) is 0 Å². The molecule has 3 amide bonds. The van der Waals surface area contributed by atoms with Crippen molar-refractivity contribution in [2.24, 2.45) is 5.41 Å². The largest absolute Gasteiger partial charge is 0.444 e. The molecule has 1 aromatic rings. The normalized spacial score (nSPS) is 17.7. The minimum atomic E-state index is -1.13. The van der Waals surface area contributed by atoms with Gasteiger partial charge in [0.25, 0.3) is 11.8 Å². The number of hydrogen-bond acceptors (Lipinski definition) is 7. The summed E-state index contributed by atoms with van der Waals surface area (Å²) in [4.78, 5) is 57.6. The molecule has 9 heteroatoms. The molecule has 0 spiro atoms. The third-order valence-electron chi connectivity index (χ3n) is 5.35. The zero-order chi connectivity index (χ0) is 23.5. The van der Waals surface area contributed by atoms with Crippen LogP contribution >= 0.6 is 0 Å². The zero-order valence-electron chi connectivity index (χ0n) is 18.6. The zero-order valence-corrected chi connectivity index (χ0v) is 18.6. The van der Waals surface area contributed by atoms with Crippen molar-refractivity contribution in [1.29, 1.82) is 0 Å². The molecule has 0 aliphatic carbocycles. The molecule has 0 N–H and O–H groups in total. The van der Waals surface area contributed by atoms with Crippen LogP contribution in [0.5, 0.6) is 0 Å². The molecule has 0 aromatic heterocycles. The van der Waals surface area contributed by atoms with Crippen LogP contribution in [0.15, 0.2) is 36.9 Å². The molecule has 1 saturated heterocycles. The topological polar surface area (TPSA) is 102 Å². The number of nitrogens with zero attached hydrogens (tertiary/aromatic N) is 2. The lowest BCUT2D eigenvalue weighted by molar-refractivity contribution is -0.188. The van der Waals surface area contributed by atoms with Gasteiger partial charge in [-0.05, 0) is 45.7 Å². The molecule has 0 radical (unpaired) electrons. The second-order valence-electron chi connectivity index (χ2n) is 8.88. The highest BCUT2D eigenvalue weighted by atomic mass is 16.7. The maximum absolute atomic E-state index is 13.2. The summed E-state index contributed by atoms with van der Waals surface area (Å²) in [5.41, 5.74) is -1.40. The molecule has 2 aliphatic rings. The second kappa shape index (κ2) is 9.12. The number of imide groups is 1. The first kappa shape index (κ1) is 23.5. The maximum Gasteiger partial charge on any atom is 0.410 e. The van der Waals surface area contributed by atoms with Gasteiger partial charge >= 0.3 is 12.1 Å². The summed E-state index contributed by atoms with van der Waals surface area (Å²) < 4.78 is 11.0. The molecular formula is C23H28N2O7. The van der Waals surface area contributed by atoms with E-state index in [1.54, 1.807) is 39.0 Å². The van der Waals surface area contributed by atoms with Crippen LogP contribution in [-0.4, -0.2) is 65.7 Å². The van der Waals surface area contributed by atoms with E-state index in [0.717, 1.165) is 0 Å². The molecule has 1 aromatic carbocycles. The Morgan fingerprint density at radius 2 is 1.66 bits per heavy atom. The van der Waals surface area contributed by atoms with Gasteiger partial charge in [-0.15, -0.1) is 6.58 Å². The van der Waals surface area contributed by atoms with Gasteiger partial charge in [0, 0.05) is 13.1 Å². The molecule has 0 unspecified atom stereocenters. The van der Waals surface area contributed by atoms with Crippen molar-refractivity contribution >= 4 is 23.9 Å². The molecule has 0 bridgehead atoms. The number of amides is 3. The molecule has 9 nitrogen and oxygen atoms in total. The molecule has 3 rings (SSSR count). The van der Waals surface area contributed by atoms with Gasteiger partial charge in [-0.25, -0.2) is 9.59 Å². The van der Waals surface area contributed by atoms with Crippen molar-refractivity contribution < 1.29 is 33.5 Å². The first-order chi connectivity index (χ1) is 15.1. The molecule has 0 atom stereocenters. The van der Waals surface area contributed by atoms with Gasteiger partial charge in [-0.3, -0.25) is 9.59 Å². The van der Waals surface area contributed by atoms with Gasteiger partial charge in [0.1, 0.15) is 5.60 Å². The Morgan fingerprint density at radius 3 is 2.16 bits per heavy atom. The Kier molecular flexibility index (Phi) is 6.68. The number of carbonyl (C=O) groups is 4. The minimum absolute atomic E-state index is 0.00316. The number of fused-ring (bicyclic) bond motifs is 1. The highest BCUT2D eigenvalue weighted by molar-refractivity contribution is 6.20. The van der Waals surface area contributed by atoms with Gasteiger partial charge < -0.3 is 19.2 Å². The van der Waals surface area contributed by atoms with Crippen LogP contribution in [0, 0.1) is 5.41 Å². The summed E-state index contributed by atoms with van der Waals surface area (Å²) in [6.07, 6.45) is 1.54. The summed E-state index contributed by atoms with van der Waals surface area (Å²) in [7, 11) is 0. The Labute approximate surface area is 186 Å². The summed E-state index contributed by atoms with van der Waals surface area (Å²) in [5, 5.41) is 0.502.